The Hall–Kier alpha value is -1.65. The van der Waals surface area contributed by atoms with E-state index < -0.39 is 0 Å². The van der Waals surface area contributed by atoms with Crippen LogP contribution < -0.4 is 0 Å². The van der Waals surface area contributed by atoms with Crippen LogP contribution in [0.4, 0.5) is 0 Å². The van der Waals surface area contributed by atoms with Gasteiger partial charge in [0.2, 0.25) is 0 Å². The predicted octanol–water partition coefficient (Wildman–Crippen LogP) is 2.04. The number of hydrogen-bond donors (Lipinski definition) is 0. The van der Waals surface area contributed by atoms with Crippen LogP contribution in [0.2, 0.25) is 0 Å². The van der Waals surface area contributed by atoms with E-state index >= 15 is 0 Å². The van der Waals surface area contributed by atoms with Crippen LogP contribution in [0, 0.1) is 0 Å². The summed E-state index contributed by atoms with van der Waals surface area (Å²) in [5.74, 6) is 0. The normalized spacial score (nSPS) is 18.9. The van der Waals surface area contributed by atoms with Crippen LogP contribution in [-0.2, 0) is 13.0 Å². The van der Waals surface area contributed by atoms with Crippen LogP contribution >= 0.6 is 0 Å². The Kier molecular flexibility index (Phi) is 4.36. The zero-order valence-corrected chi connectivity index (χ0v) is 12.9. The van der Waals surface area contributed by atoms with Crippen LogP contribution in [0.3, 0.4) is 0 Å². The molecule has 2 aromatic rings. The first-order valence-corrected chi connectivity index (χ1v) is 7.66. The van der Waals surface area contributed by atoms with Gasteiger partial charge in [0.05, 0.1) is 11.7 Å². The van der Waals surface area contributed by atoms with Gasteiger partial charge in [-0.2, -0.15) is 5.10 Å². The molecule has 112 valence electrons. The largest absolute Gasteiger partial charge is 0.307 e. The fourth-order valence-corrected chi connectivity index (χ4v) is 3.12. The van der Waals surface area contributed by atoms with Crippen LogP contribution in [0.15, 0.2) is 42.6 Å². The monoisotopic (exact) mass is 284 g/mol. The Bertz CT molecular complexity index is 561. The minimum absolute atomic E-state index is 0.453. The van der Waals surface area contributed by atoms with Crippen molar-refractivity contribution in [3.05, 3.63) is 53.9 Å². The first-order chi connectivity index (χ1) is 10.2. The molecule has 1 aliphatic rings. The van der Waals surface area contributed by atoms with Gasteiger partial charge in [-0.05, 0) is 32.1 Å². The molecule has 0 spiro atoms. The van der Waals surface area contributed by atoms with Crippen LogP contribution in [0.5, 0.6) is 0 Å². The summed E-state index contributed by atoms with van der Waals surface area (Å²) in [7, 11) is 4.26. The average molecular weight is 284 g/mol. The number of aromatic nitrogens is 2. The summed E-state index contributed by atoms with van der Waals surface area (Å²) in [4.78, 5) is 4.80. The number of rotatable bonds is 5. The molecule has 0 amide bonds. The molecule has 0 fully saturated rings. The SMILES string of the molecule is CN(C)C[C@H]1CN(CCc2ccccc2)Cc2ccnn21. The molecule has 1 aromatic carbocycles. The van der Waals surface area contributed by atoms with E-state index in [9.17, 15) is 0 Å². The highest BCUT2D eigenvalue weighted by atomic mass is 15.4. The molecule has 1 atom stereocenters. The van der Waals surface area contributed by atoms with E-state index in [-0.39, 0.29) is 0 Å². The van der Waals surface area contributed by atoms with Crippen molar-refractivity contribution in [2.24, 2.45) is 0 Å². The molecule has 0 N–H and O–H groups in total. The summed E-state index contributed by atoms with van der Waals surface area (Å²) in [5, 5.41) is 4.51. The summed E-state index contributed by atoms with van der Waals surface area (Å²) in [5.41, 5.74) is 2.75. The maximum atomic E-state index is 4.51. The van der Waals surface area contributed by atoms with Gasteiger partial charge in [-0.3, -0.25) is 9.58 Å². The second-order valence-corrected chi connectivity index (χ2v) is 6.15. The molecular weight excluding hydrogens is 260 g/mol. The minimum Gasteiger partial charge on any atom is -0.307 e. The molecule has 0 unspecified atom stereocenters. The van der Waals surface area contributed by atoms with E-state index in [0.717, 1.165) is 32.6 Å². The molecule has 1 aromatic heterocycles. The van der Waals surface area contributed by atoms with E-state index in [4.69, 9.17) is 0 Å². The molecule has 21 heavy (non-hydrogen) atoms. The van der Waals surface area contributed by atoms with Crippen molar-refractivity contribution < 1.29 is 0 Å². The number of fused-ring (bicyclic) bond motifs is 1. The third kappa shape index (κ3) is 3.52. The lowest BCUT2D eigenvalue weighted by Gasteiger charge is -2.35. The molecule has 0 saturated carbocycles. The van der Waals surface area contributed by atoms with Crippen molar-refractivity contribution >= 4 is 0 Å². The van der Waals surface area contributed by atoms with Crippen molar-refractivity contribution in [1.82, 2.24) is 19.6 Å². The van der Waals surface area contributed by atoms with Crippen LogP contribution in [0.1, 0.15) is 17.3 Å². The van der Waals surface area contributed by atoms with E-state index in [0.29, 0.717) is 6.04 Å². The lowest BCUT2D eigenvalue weighted by molar-refractivity contribution is 0.154. The molecule has 3 rings (SSSR count). The third-order valence-electron chi connectivity index (χ3n) is 4.09. The highest BCUT2D eigenvalue weighted by Gasteiger charge is 2.25. The van der Waals surface area contributed by atoms with E-state index in [1.165, 1.54) is 11.3 Å². The lowest BCUT2D eigenvalue weighted by Crippen LogP contribution is -2.42. The summed E-state index contributed by atoms with van der Waals surface area (Å²) < 4.78 is 2.21. The first kappa shape index (κ1) is 14.3. The van der Waals surface area contributed by atoms with Gasteiger partial charge in [-0.15, -0.1) is 0 Å². The molecule has 2 heterocycles. The Balaban J connectivity index is 1.65. The zero-order valence-electron chi connectivity index (χ0n) is 12.9. The number of nitrogens with zero attached hydrogens (tertiary/aromatic N) is 4. The van der Waals surface area contributed by atoms with Crippen molar-refractivity contribution in [3.63, 3.8) is 0 Å². The van der Waals surface area contributed by atoms with Crippen molar-refractivity contribution in [2.45, 2.75) is 19.0 Å². The molecule has 0 radical (unpaired) electrons. The summed E-state index contributed by atoms with van der Waals surface area (Å²) in [6.45, 7) is 4.24. The Morgan fingerprint density at radius 3 is 2.76 bits per heavy atom. The van der Waals surface area contributed by atoms with Gasteiger partial charge in [0.25, 0.3) is 0 Å². The molecular formula is C17H24N4. The minimum atomic E-state index is 0.453. The fourth-order valence-electron chi connectivity index (χ4n) is 3.12. The second kappa shape index (κ2) is 6.41. The van der Waals surface area contributed by atoms with Crippen molar-refractivity contribution in [2.75, 3.05) is 33.7 Å². The molecule has 4 nitrogen and oxygen atoms in total. The molecule has 4 heteroatoms. The van der Waals surface area contributed by atoms with Gasteiger partial charge in [0, 0.05) is 32.4 Å². The maximum Gasteiger partial charge on any atom is 0.0776 e. The second-order valence-electron chi connectivity index (χ2n) is 6.15. The van der Waals surface area contributed by atoms with Gasteiger partial charge in [0.15, 0.2) is 0 Å². The number of benzene rings is 1. The van der Waals surface area contributed by atoms with Crippen molar-refractivity contribution in [3.8, 4) is 0 Å². The molecule has 0 aliphatic carbocycles. The zero-order chi connectivity index (χ0) is 14.7. The Labute approximate surface area is 127 Å². The maximum absolute atomic E-state index is 4.51. The van der Waals surface area contributed by atoms with E-state index in [2.05, 4.69) is 70.1 Å². The Morgan fingerprint density at radius 1 is 1.19 bits per heavy atom. The van der Waals surface area contributed by atoms with Crippen LogP contribution in [0.25, 0.3) is 0 Å². The quantitative estimate of drug-likeness (QED) is 0.840. The number of hydrogen-bond acceptors (Lipinski definition) is 3. The topological polar surface area (TPSA) is 24.3 Å². The summed E-state index contributed by atoms with van der Waals surface area (Å²) >= 11 is 0. The van der Waals surface area contributed by atoms with Gasteiger partial charge in [0.1, 0.15) is 0 Å². The van der Waals surface area contributed by atoms with Gasteiger partial charge < -0.3 is 4.90 Å². The van der Waals surface area contributed by atoms with Gasteiger partial charge in [-0.1, -0.05) is 30.3 Å². The first-order valence-electron chi connectivity index (χ1n) is 7.66. The Morgan fingerprint density at radius 2 is 2.00 bits per heavy atom. The summed E-state index contributed by atoms with van der Waals surface area (Å²) in [6.07, 6.45) is 3.04. The third-order valence-corrected chi connectivity index (χ3v) is 4.09. The molecule has 0 bridgehead atoms. The lowest BCUT2D eigenvalue weighted by atomic mass is 10.1. The van der Waals surface area contributed by atoms with Crippen molar-refractivity contribution in [1.29, 1.82) is 0 Å². The smallest absolute Gasteiger partial charge is 0.0776 e. The fraction of sp³-hybridized carbons (Fsp3) is 0.471. The predicted molar refractivity (Wildman–Crippen MR) is 85.2 cm³/mol. The van der Waals surface area contributed by atoms with E-state index in [1.54, 1.807) is 0 Å². The van der Waals surface area contributed by atoms with E-state index in [1.807, 2.05) is 6.20 Å². The highest BCUT2D eigenvalue weighted by Crippen LogP contribution is 2.21. The molecule has 0 saturated heterocycles. The van der Waals surface area contributed by atoms with Crippen LogP contribution in [-0.4, -0.2) is 53.3 Å². The highest BCUT2D eigenvalue weighted by molar-refractivity contribution is 5.15. The number of likely N-dealkylation sites (N-methyl/N-ethyl adjacent to an activating group) is 1. The average Bonchev–Trinajstić information content (AvgIpc) is 2.94. The van der Waals surface area contributed by atoms with Gasteiger partial charge in [-0.25, -0.2) is 0 Å². The van der Waals surface area contributed by atoms with Gasteiger partial charge >= 0.3 is 0 Å². The molecule has 1 aliphatic heterocycles. The summed E-state index contributed by atoms with van der Waals surface area (Å²) in [6, 6.07) is 13.4. The standard InChI is InChI=1S/C17H24N4/c1-19(2)12-17-14-20(13-16-8-10-18-21(16)17)11-9-15-6-4-3-5-7-15/h3-8,10,17H,9,11-14H2,1-2H3/t17-/m0/s1.